The van der Waals surface area contributed by atoms with Crippen LogP contribution in [-0.2, 0) is 4.79 Å². The van der Waals surface area contributed by atoms with Crippen molar-refractivity contribution in [1.82, 2.24) is 15.5 Å². The molecule has 1 atom stereocenters. The minimum atomic E-state index is -0.428. The molecule has 120 valence electrons. The molecule has 1 aromatic rings. The van der Waals surface area contributed by atoms with Crippen molar-refractivity contribution in [1.29, 1.82) is 0 Å². The van der Waals surface area contributed by atoms with Crippen LogP contribution in [0.5, 0.6) is 0 Å². The van der Waals surface area contributed by atoms with Crippen molar-refractivity contribution in [2.45, 2.75) is 38.6 Å². The number of nitrogens with one attached hydrogen (secondary N) is 2. The van der Waals surface area contributed by atoms with Crippen LogP contribution in [0.1, 0.15) is 44.2 Å². The molecule has 5 nitrogen and oxygen atoms in total. The van der Waals surface area contributed by atoms with Gasteiger partial charge in [-0.05, 0) is 38.4 Å². The predicted octanol–water partition coefficient (Wildman–Crippen LogP) is 2.45. The zero-order valence-electron chi connectivity index (χ0n) is 13.2. The number of carbonyl (C=O) groups excluding carboxylic acids is 2. The Balaban J connectivity index is 2.17. The lowest BCUT2D eigenvalue weighted by atomic mass is 10.0. The maximum Gasteiger partial charge on any atom is 0.321 e. The Morgan fingerprint density at radius 3 is 2.32 bits per heavy atom. The molecule has 0 saturated carbocycles. The number of amides is 3. The molecule has 1 aromatic carbocycles. The average molecular weight is 303 g/mol. The molecule has 5 heteroatoms. The number of nitrogens with zero attached hydrogens (tertiary/aromatic N) is 1. The number of imide groups is 1. The predicted molar refractivity (Wildman–Crippen MR) is 86.4 cm³/mol. The molecule has 0 aliphatic carbocycles. The topological polar surface area (TPSA) is 61.4 Å². The number of urea groups is 1. The normalized spacial score (nSPS) is 17.3. The third-order valence-corrected chi connectivity index (χ3v) is 3.94. The number of hydrogen-bond acceptors (Lipinski definition) is 3. The highest BCUT2D eigenvalue weighted by atomic mass is 16.2. The molecule has 2 N–H and O–H groups in total. The first-order valence-electron chi connectivity index (χ1n) is 8.10. The highest BCUT2D eigenvalue weighted by Crippen LogP contribution is 2.24. The van der Waals surface area contributed by atoms with Crippen LogP contribution in [0.4, 0.5) is 4.79 Å². The number of likely N-dealkylation sites (tertiary alicyclic amines) is 1. The summed E-state index contributed by atoms with van der Waals surface area (Å²) in [6, 6.07) is 8.87. The van der Waals surface area contributed by atoms with E-state index in [1.54, 1.807) is 0 Å². The Bertz CT molecular complexity index is 482. The SMILES string of the molecule is CCNC(=O)NC(=O)[C@H](c1ccccc1)N1CCCCCC1. The standard InChI is InChI=1S/C17H25N3O2/c1-2-18-17(22)19-16(21)15(14-10-6-5-7-11-14)20-12-8-3-4-9-13-20/h5-7,10-11,15H,2-4,8-9,12-13H2,1H3,(H2,18,19,21,22)/t15-/m0/s1. The van der Waals surface area contributed by atoms with Gasteiger partial charge in [0.15, 0.2) is 0 Å². The first kappa shape index (κ1) is 16.5. The van der Waals surface area contributed by atoms with Gasteiger partial charge in [-0.25, -0.2) is 4.79 Å². The maximum atomic E-state index is 12.6. The lowest BCUT2D eigenvalue weighted by molar-refractivity contribution is -0.125. The first-order chi connectivity index (χ1) is 10.7. The molecule has 1 aliphatic rings. The van der Waals surface area contributed by atoms with E-state index in [2.05, 4.69) is 15.5 Å². The highest BCUT2D eigenvalue weighted by molar-refractivity contribution is 5.97. The zero-order chi connectivity index (χ0) is 15.8. The van der Waals surface area contributed by atoms with Crippen LogP contribution >= 0.6 is 0 Å². The van der Waals surface area contributed by atoms with E-state index in [9.17, 15) is 9.59 Å². The monoisotopic (exact) mass is 303 g/mol. The molecular weight excluding hydrogens is 278 g/mol. The van der Waals surface area contributed by atoms with Crippen molar-refractivity contribution >= 4 is 11.9 Å². The Labute approximate surface area is 132 Å². The zero-order valence-corrected chi connectivity index (χ0v) is 13.2. The second kappa shape index (κ2) is 8.54. The molecule has 1 aliphatic heterocycles. The molecule has 22 heavy (non-hydrogen) atoms. The van der Waals surface area contributed by atoms with Crippen molar-refractivity contribution in [3.05, 3.63) is 35.9 Å². The van der Waals surface area contributed by atoms with Crippen LogP contribution in [-0.4, -0.2) is 36.5 Å². The smallest absolute Gasteiger partial charge is 0.321 e. The first-order valence-corrected chi connectivity index (χ1v) is 8.10. The van der Waals surface area contributed by atoms with E-state index in [-0.39, 0.29) is 5.91 Å². The largest absolute Gasteiger partial charge is 0.338 e. The molecule has 0 spiro atoms. The molecule has 1 heterocycles. The van der Waals surface area contributed by atoms with Gasteiger partial charge in [-0.3, -0.25) is 15.0 Å². The number of carbonyl (C=O) groups is 2. The van der Waals surface area contributed by atoms with Crippen LogP contribution in [0.2, 0.25) is 0 Å². The molecule has 0 unspecified atom stereocenters. The molecule has 3 amide bonds. The molecule has 0 aromatic heterocycles. The Morgan fingerprint density at radius 1 is 1.09 bits per heavy atom. The van der Waals surface area contributed by atoms with Crippen molar-refractivity contribution < 1.29 is 9.59 Å². The molecule has 1 fully saturated rings. The van der Waals surface area contributed by atoms with Gasteiger partial charge in [0.2, 0.25) is 5.91 Å². The van der Waals surface area contributed by atoms with Crippen LogP contribution in [0.3, 0.4) is 0 Å². The maximum absolute atomic E-state index is 12.6. The molecule has 0 radical (unpaired) electrons. The van der Waals surface area contributed by atoms with Crippen LogP contribution in [0.25, 0.3) is 0 Å². The molecule has 0 bridgehead atoms. The van der Waals surface area contributed by atoms with Gasteiger partial charge in [0.05, 0.1) is 0 Å². The van der Waals surface area contributed by atoms with Crippen LogP contribution in [0.15, 0.2) is 30.3 Å². The fourth-order valence-corrected chi connectivity index (χ4v) is 2.90. The van der Waals surface area contributed by atoms with Gasteiger partial charge >= 0.3 is 6.03 Å². The summed E-state index contributed by atoms with van der Waals surface area (Å²) in [6.07, 6.45) is 4.60. The summed E-state index contributed by atoms with van der Waals surface area (Å²) in [5, 5.41) is 5.08. The van der Waals surface area contributed by atoms with Crippen LogP contribution < -0.4 is 10.6 Å². The third kappa shape index (κ3) is 4.56. The second-order valence-electron chi connectivity index (χ2n) is 5.61. The van der Waals surface area contributed by atoms with Gasteiger partial charge in [-0.15, -0.1) is 0 Å². The van der Waals surface area contributed by atoms with E-state index in [1.165, 1.54) is 12.8 Å². The quantitative estimate of drug-likeness (QED) is 0.898. The van der Waals surface area contributed by atoms with E-state index in [0.717, 1.165) is 31.5 Å². The van der Waals surface area contributed by atoms with E-state index in [4.69, 9.17) is 0 Å². The highest BCUT2D eigenvalue weighted by Gasteiger charge is 2.29. The summed E-state index contributed by atoms with van der Waals surface area (Å²) < 4.78 is 0. The number of rotatable bonds is 4. The Morgan fingerprint density at radius 2 is 1.73 bits per heavy atom. The third-order valence-electron chi connectivity index (χ3n) is 3.94. The van der Waals surface area contributed by atoms with Crippen molar-refractivity contribution in [3.63, 3.8) is 0 Å². The van der Waals surface area contributed by atoms with Crippen molar-refractivity contribution in [2.24, 2.45) is 0 Å². The molecule has 1 saturated heterocycles. The number of hydrogen-bond donors (Lipinski definition) is 2. The lowest BCUT2D eigenvalue weighted by Crippen LogP contribution is -2.46. The van der Waals surface area contributed by atoms with E-state index in [1.807, 2.05) is 37.3 Å². The Hall–Kier alpha value is -1.88. The van der Waals surface area contributed by atoms with Gasteiger partial charge in [-0.2, -0.15) is 0 Å². The summed E-state index contributed by atoms with van der Waals surface area (Å²) in [4.78, 5) is 26.5. The Kier molecular flexibility index (Phi) is 6.40. The van der Waals surface area contributed by atoms with Gasteiger partial charge < -0.3 is 5.32 Å². The molecule has 2 rings (SSSR count). The van der Waals surface area contributed by atoms with E-state index < -0.39 is 12.1 Å². The van der Waals surface area contributed by atoms with Gasteiger partial charge in [0, 0.05) is 6.54 Å². The minimum Gasteiger partial charge on any atom is -0.338 e. The summed E-state index contributed by atoms with van der Waals surface area (Å²) in [5.41, 5.74) is 0.936. The van der Waals surface area contributed by atoms with Gasteiger partial charge in [-0.1, -0.05) is 43.2 Å². The fourth-order valence-electron chi connectivity index (χ4n) is 2.90. The summed E-state index contributed by atoms with van der Waals surface area (Å²) in [6.45, 7) is 4.11. The summed E-state index contributed by atoms with van der Waals surface area (Å²) in [7, 11) is 0. The van der Waals surface area contributed by atoms with Crippen molar-refractivity contribution in [3.8, 4) is 0 Å². The van der Waals surface area contributed by atoms with Gasteiger partial charge in [0.1, 0.15) is 6.04 Å². The lowest BCUT2D eigenvalue weighted by Gasteiger charge is -2.29. The molecular formula is C17H25N3O2. The van der Waals surface area contributed by atoms with E-state index >= 15 is 0 Å². The van der Waals surface area contributed by atoms with E-state index in [0.29, 0.717) is 6.54 Å². The van der Waals surface area contributed by atoms with Crippen LogP contribution in [0, 0.1) is 0 Å². The second-order valence-corrected chi connectivity index (χ2v) is 5.61. The summed E-state index contributed by atoms with van der Waals surface area (Å²) in [5.74, 6) is -0.251. The van der Waals surface area contributed by atoms with Crippen molar-refractivity contribution in [2.75, 3.05) is 19.6 Å². The number of benzene rings is 1. The summed E-state index contributed by atoms with van der Waals surface area (Å²) >= 11 is 0. The average Bonchev–Trinajstić information content (AvgIpc) is 2.78. The fraction of sp³-hybridized carbons (Fsp3) is 0.529. The minimum absolute atomic E-state index is 0.251. The van der Waals surface area contributed by atoms with Gasteiger partial charge in [0.25, 0.3) is 0 Å².